The van der Waals surface area contributed by atoms with Crippen LogP contribution in [0.4, 0.5) is 0 Å². The van der Waals surface area contributed by atoms with E-state index in [-0.39, 0.29) is 17.9 Å². The number of aryl methyl sites for hydroxylation is 1. The van der Waals surface area contributed by atoms with Gasteiger partial charge >= 0.3 is 5.97 Å². The van der Waals surface area contributed by atoms with Crippen LogP contribution in [0.1, 0.15) is 23.3 Å². The molecule has 1 N–H and O–H groups in total. The van der Waals surface area contributed by atoms with Crippen molar-refractivity contribution >= 4 is 44.3 Å². The van der Waals surface area contributed by atoms with Crippen molar-refractivity contribution in [2.75, 3.05) is 0 Å². The minimum atomic E-state index is -1.43. The molecular weight excluding hydrogens is 500 g/mol. The molecule has 0 amide bonds. The molecule has 0 fully saturated rings. The average molecular weight is 518 g/mol. The maximum Gasteiger partial charge on any atom is 0.339 e. The maximum absolute atomic E-state index is 13.2. The molecular formula is C23H18BrClN2O5. The SMILES string of the molecule is Cc1cc(COC(C(=O)O)c2c(-c3ccc(Cl)cc3)c3cc(Br)ccc3c(=O)n2C)no1. The highest BCUT2D eigenvalue weighted by Gasteiger charge is 2.30. The van der Waals surface area contributed by atoms with Gasteiger partial charge in [0.2, 0.25) is 0 Å². The van der Waals surface area contributed by atoms with Crippen LogP contribution in [0.15, 0.2) is 62.3 Å². The van der Waals surface area contributed by atoms with E-state index in [4.69, 9.17) is 20.9 Å². The molecule has 0 bridgehead atoms. The lowest BCUT2D eigenvalue weighted by atomic mass is 9.94. The fourth-order valence-corrected chi connectivity index (χ4v) is 4.14. The molecule has 0 saturated heterocycles. The molecule has 0 radical (unpaired) electrons. The van der Waals surface area contributed by atoms with Crippen molar-refractivity contribution in [1.29, 1.82) is 0 Å². The third-order valence-electron chi connectivity index (χ3n) is 5.08. The number of hydrogen-bond acceptors (Lipinski definition) is 5. The summed E-state index contributed by atoms with van der Waals surface area (Å²) < 4.78 is 12.9. The van der Waals surface area contributed by atoms with E-state index in [1.54, 1.807) is 55.5 Å². The van der Waals surface area contributed by atoms with Crippen LogP contribution in [0.3, 0.4) is 0 Å². The number of benzene rings is 2. The predicted octanol–water partition coefficient (Wildman–Crippen LogP) is 5.26. The van der Waals surface area contributed by atoms with E-state index in [0.29, 0.717) is 38.4 Å². The van der Waals surface area contributed by atoms with Gasteiger partial charge in [-0.1, -0.05) is 44.8 Å². The fourth-order valence-electron chi connectivity index (χ4n) is 3.65. The topological polar surface area (TPSA) is 94.6 Å². The molecule has 164 valence electrons. The minimum Gasteiger partial charge on any atom is -0.479 e. The summed E-state index contributed by atoms with van der Waals surface area (Å²) in [4.78, 5) is 25.5. The van der Waals surface area contributed by atoms with E-state index in [9.17, 15) is 14.7 Å². The number of carboxylic acids is 1. The number of halogens is 2. The van der Waals surface area contributed by atoms with Crippen LogP contribution in [-0.2, 0) is 23.2 Å². The molecule has 7 nitrogen and oxygen atoms in total. The average Bonchev–Trinajstić information content (AvgIpc) is 3.17. The Morgan fingerprint density at radius 1 is 1.22 bits per heavy atom. The summed E-state index contributed by atoms with van der Waals surface area (Å²) in [5.74, 6) is -0.648. The molecule has 2 aromatic carbocycles. The summed E-state index contributed by atoms with van der Waals surface area (Å²) in [5, 5.41) is 15.5. The summed E-state index contributed by atoms with van der Waals surface area (Å²) in [6.07, 6.45) is -1.43. The van der Waals surface area contributed by atoms with E-state index >= 15 is 0 Å². The Morgan fingerprint density at radius 2 is 1.94 bits per heavy atom. The van der Waals surface area contributed by atoms with Crippen molar-refractivity contribution in [2.45, 2.75) is 19.6 Å². The van der Waals surface area contributed by atoms with E-state index in [1.807, 2.05) is 0 Å². The first kappa shape index (κ1) is 22.3. The first-order chi connectivity index (χ1) is 15.3. The van der Waals surface area contributed by atoms with Gasteiger partial charge in [0.05, 0.1) is 12.3 Å². The fraction of sp³-hybridized carbons (Fsp3) is 0.174. The highest BCUT2D eigenvalue weighted by molar-refractivity contribution is 9.10. The molecule has 4 aromatic rings. The zero-order chi connectivity index (χ0) is 23.0. The van der Waals surface area contributed by atoms with Gasteiger partial charge in [-0.3, -0.25) is 4.79 Å². The molecule has 0 aliphatic heterocycles. The Hall–Kier alpha value is -2.94. The summed E-state index contributed by atoms with van der Waals surface area (Å²) in [5.41, 5.74) is 1.62. The van der Waals surface area contributed by atoms with Crippen molar-refractivity contribution in [2.24, 2.45) is 7.05 Å². The number of carboxylic acid groups (broad SMARTS) is 1. The first-order valence-corrected chi connectivity index (χ1v) is 10.8. The standard InChI is InChI=1S/C23H18BrClN2O5/c1-12-9-16(26-32-12)11-31-21(23(29)30)20-19(13-3-6-15(25)7-4-13)18-10-14(24)5-8-17(18)22(28)27(20)2/h3-10,21H,11H2,1-2H3,(H,29,30). The lowest BCUT2D eigenvalue weighted by molar-refractivity contribution is -0.152. The molecule has 4 rings (SSSR count). The molecule has 2 heterocycles. The molecule has 0 spiro atoms. The molecule has 0 aliphatic carbocycles. The van der Waals surface area contributed by atoms with Crippen LogP contribution in [-0.4, -0.2) is 20.8 Å². The van der Waals surface area contributed by atoms with Crippen LogP contribution in [0, 0.1) is 6.92 Å². The molecule has 0 saturated carbocycles. The van der Waals surface area contributed by atoms with Crippen LogP contribution in [0.5, 0.6) is 0 Å². The van der Waals surface area contributed by atoms with Gasteiger partial charge in [-0.15, -0.1) is 0 Å². The molecule has 1 atom stereocenters. The van der Waals surface area contributed by atoms with Gasteiger partial charge < -0.3 is 18.9 Å². The number of aliphatic carboxylic acids is 1. The van der Waals surface area contributed by atoms with Crippen LogP contribution in [0.25, 0.3) is 21.9 Å². The van der Waals surface area contributed by atoms with Crippen molar-refractivity contribution in [1.82, 2.24) is 9.72 Å². The van der Waals surface area contributed by atoms with Gasteiger partial charge in [0, 0.05) is 33.6 Å². The van der Waals surface area contributed by atoms with Gasteiger partial charge in [0.15, 0.2) is 6.10 Å². The lowest BCUT2D eigenvalue weighted by Crippen LogP contribution is -2.28. The monoisotopic (exact) mass is 516 g/mol. The molecule has 32 heavy (non-hydrogen) atoms. The Morgan fingerprint density at radius 3 is 2.56 bits per heavy atom. The number of hydrogen-bond donors (Lipinski definition) is 1. The van der Waals surface area contributed by atoms with Gasteiger partial charge in [-0.05, 0) is 48.2 Å². The van der Waals surface area contributed by atoms with Crippen molar-refractivity contribution in [3.8, 4) is 11.1 Å². The second kappa shape index (κ2) is 8.90. The summed E-state index contributed by atoms with van der Waals surface area (Å²) in [6, 6.07) is 13.9. The zero-order valence-electron chi connectivity index (χ0n) is 17.1. The predicted molar refractivity (Wildman–Crippen MR) is 124 cm³/mol. The number of aromatic nitrogens is 2. The Kier molecular flexibility index (Phi) is 6.19. The number of carbonyl (C=O) groups is 1. The molecule has 0 aliphatic rings. The third kappa shape index (κ3) is 4.21. The molecule has 1 unspecified atom stereocenters. The smallest absolute Gasteiger partial charge is 0.339 e. The third-order valence-corrected chi connectivity index (χ3v) is 5.83. The lowest BCUT2D eigenvalue weighted by Gasteiger charge is -2.22. The zero-order valence-corrected chi connectivity index (χ0v) is 19.5. The maximum atomic E-state index is 13.2. The second-order valence-electron chi connectivity index (χ2n) is 7.28. The van der Waals surface area contributed by atoms with Crippen molar-refractivity contribution < 1.29 is 19.2 Å². The second-order valence-corrected chi connectivity index (χ2v) is 8.63. The Bertz CT molecular complexity index is 1380. The van der Waals surface area contributed by atoms with Gasteiger partial charge in [0.1, 0.15) is 11.5 Å². The number of nitrogens with zero attached hydrogens (tertiary/aromatic N) is 2. The highest BCUT2D eigenvalue weighted by Crippen LogP contribution is 2.37. The summed E-state index contributed by atoms with van der Waals surface area (Å²) in [6.45, 7) is 1.63. The minimum absolute atomic E-state index is 0.0981. The number of pyridine rings is 1. The van der Waals surface area contributed by atoms with Crippen LogP contribution < -0.4 is 5.56 Å². The quantitative estimate of drug-likeness (QED) is 0.375. The number of rotatable bonds is 6. The van der Waals surface area contributed by atoms with Gasteiger partial charge in [0.25, 0.3) is 5.56 Å². The van der Waals surface area contributed by atoms with E-state index in [0.717, 1.165) is 4.47 Å². The van der Waals surface area contributed by atoms with E-state index in [1.165, 1.54) is 11.6 Å². The van der Waals surface area contributed by atoms with E-state index < -0.39 is 12.1 Å². The van der Waals surface area contributed by atoms with Crippen molar-refractivity contribution in [3.63, 3.8) is 0 Å². The van der Waals surface area contributed by atoms with Crippen LogP contribution >= 0.6 is 27.5 Å². The Labute approximate surface area is 196 Å². The molecule has 9 heteroatoms. The first-order valence-electron chi connectivity index (χ1n) is 9.61. The Balaban J connectivity index is 1.98. The van der Waals surface area contributed by atoms with Crippen LogP contribution in [0.2, 0.25) is 5.02 Å². The largest absolute Gasteiger partial charge is 0.479 e. The van der Waals surface area contributed by atoms with E-state index in [2.05, 4.69) is 21.1 Å². The highest BCUT2D eigenvalue weighted by atomic mass is 79.9. The molecule has 2 aromatic heterocycles. The van der Waals surface area contributed by atoms with Crippen molar-refractivity contribution in [3.05, 3.63) is 85.5 Å². The number of ether oxygens (including phenoxy) is 1. The van der Waals surface area contributed by atoms with Gasteiger partial charge in [-0.2, -0.15) is 0 Å². The summed E-state index contributed by atoms with van der Waals surface area (Å²) >= 11 is 9.53. The van der Waals surface area contributed by atoms with Gasteiger partial charge in [-0.25, -0.2) is 4.79 Å². The normalized spacial score (nSPS) is 12.2. The number of fused-ring (bicyclic) bond motifs is 1. The summed E-state index contributed by atoms with van der Waals surface area (Å²) in [7, 11) is 1.54.